The molecule has 2 rings (SSSR count). The van der Waals surface area contributed by atoms with Gasteiger partial charge in [0.1, 0.15) is 11.5 Å². The summed E-state index contributed by atoms with van der Waals surface area (Å²) in [4.78, 5) is 0. The van der Waals surface area contributed by atoms with Crippen LogP contribution in [0.2, 0.25) is 0 Å². The molecule has 1 aromatic heterocycles. The summed E-state index contributed by atoms with van der Waals surface area (Å²) in [6.45, 7) is 4.77. The maximum absolute atomic E-state index is 5.37. The van der Waals surface area contributed by atoms with Gasteiger partial charge in [0.25, 0.3) is 0 Å². The Morgan fingerprint density at radius 3 is 2.59 bits per heavy atom. The third-order valence-electron chi connectivity index (χ3n) is 2.82. The van der Waals surface area contributed by atoms with Crippen molar-refractivity contribution < 1.29 is 9.15 Å². The number of hydrogen-bond acceptors (Lipinski definition) is 3. The van der Waals surface area contributed by atoms with E-state index in [9.17, 15) is 0 Å². The molecule has 0 bridgehead atoms. The highest BCUT2D eigenvalue weighted by atomic mass is 16.5. The minimum absolute atomic E-state index is 0.699. The van der Waals surface area contributed by atoms with Crippen LogP contribution in [0.25, 0.3) is 0 Å². The van der Waals surface area contributed by atoms with Crippen LogP contribution in [0.15, 0.2) is 34.9 Å². The molecular weight excluding hydrogens is 214 g/mol. The monoisotopic (exact) mass is 231 g/mol. The van der Waals surface area contributed by atoms with Crippen molar-refractivity contribution in [2.75, 3.05) is 12.4 Å². The molecule has 0 saturated heterocycles. The lowest BCUT2D eigenvalue weighted by molar-refractivity contribution is 0.412. The van der Waals surface area contributed by atoms with Gasteiger partial charge in [-0.05, 0) is 49.2 Å². The lowest BCUT2D eigenvalue weighted by atomic mass is 10.2. The second-order valence-corrected chi connectivity index (χ2v) is 4.06. The van der Waals surface area contributed by atoms with Crippen molar-refractivity contribution in [1.82, 2.24) is 0 Å². The quantitative estimate of drug-likeness (QED) is 0.874. The van der Waals surface area contributed by atoms with Crippen LogP contribution in [0.5, 0.6) is 5.75 Å². The molecule has 17 heavy (non-hydrogen) atoms. The van der Waals surface area contributed by atoms with Gasteiger partial charge in [-0.3, -0.25) is 0 Å². The zero-order chi connectivity index (χ0) is 12.3. The molecule has 0 amide bonds. The molecule has 2 aromatic rings. The third-order valence-corrected chi connectivity index (χ3v) is 2.82. The van der Waals surface area contributed by atoms with Gasteiger partial charge in [-0.2, -0.15) is 0 Å². The molecule has 0 aliphatic rings. The van der Waals surface area contributed by atoms with E-state index in [2.05, 4.69) is 11.4 Å². The predicted octanol–water partition coefficient (Wildman–Crippen LogP) is 3.52. The zero-order valence-electron chi connectivity index (χ0n) is 10.4. The fraction of sp³-hybridized carbons (Fsp3) is 0.286. The van der Waals surface area contributed by atoms with E-state index in [0.717, 1.165) is 22.8 Å². The van der Waals surface area contributed by atoms with Gasteiger partial charge < -0.3 is 14.5 Å². The van der Waals surface area contributed by atoms with Crippen molar-refractivity contribution in [2.24, 2.45) is 0 Å². The number of furan rings is 1. The van der Waals surface area contributed by atoms with Crippen LogP contribution in [0, 0.1) is 13.8 Å². The van der Waals surface area contributed by atoms with Crippen molar-refractivity contribution >= 4 is 5.69 Å². The number of methoxy groups -OCH3 is 1. The minimum Gasteiger partial charge on any atom is -0.496 e. The summed E-state index contributed by atoms with van der Waals surface area (Å²) >= 11 is 0. The average Bonchev–Trinajstić information content (AvgIpc) is 2.72. The van der Waals surface area contributed by atoms with Gasteiger partial charge >= 0.3 is 0 Å². The van der Waals surface area contributed by atoms with Gasteiger partial charge in [0.05, 0.1) is 19.9 Å². The first kappa shape index (κ1) is 11.6. The molecular formula is C14H17NO2. The molecule has 3 heteroatoms. The summed E-state index contributed by atoms with van der Waals surface area (Å²) in [7, 11) is 1.68. The maximum atomic E-state index is 5.37. The number of anilines is 1. The van der Waals surface area contributed by atoms with E-state index in [0.29, 0.717) is 6.54 Å². The molecule has 3 nitrogen and oxygen atoms in total. The van der Waals surface area contributed by atoms with Crippen LogP contribution < -0.4 is 10.1 Å². The molecule has 0 aliphatic carbocycles. The number of hydrogen-bond donors (Lipinski definition) is 1. The average molecular weight is 231 g/mol. The summed E-state index contributed by atoms with van der Waals surface area (Å²) in [5.74, 6) is 1.88. The fourth-order valence-corrected chi connectivity index (χ4v) is 1.76. The van der Waals surface area contributed by atoms with Gasteiger partial charge in [0.2, 0.25) is 0 Å². The second kappa shape index (κ2) is 4.95. The van der Waals surface area contributed by atoms with Gasteiger partial charge in [-0.25, -0.2) is 0 Å². The normalized spacial score (nSPS) is 10.3. The van der Waals surface area contributed by atoms with Crippen LogP contribution in [0.3, 0.4) is 0 Å². The summed E-state index contributed by atoms with van der Waals surface area (Å²) in [5.41, 5.74) is 3.36. The summed E-state index contributed by atoms with van der Waals surface area (Å²) in [5, 5.41) is 3.33. The Kier molecular flexibility index (Phi) is 3.38. The van der Waals surface area contributed by atoms with Crippen molar-refractivity contribution in [3.63, 3.8) is 0 Å². The summed E-state index contributed by atoms with van der Waals surface area (Å²) in [6, 6.07) is 8.00. The number of aryl methyl sites for hydroxylation is 2. The van der Waals surface area contributed by atoms with E-state index < -0.39 is 0 Å². The Hall–Kier alpha value is -1.90. The fourth-order valence-electron chi connectivity index (χ4n) is 1.76. The van der Waals surface area contributed by atoms with Crippen molar-refractivity contribution in [3.8, 4) is 5.75 Å². The molecule has 0 aliphatic heterocycles. The maximum Gasteiger partial charge on any atom is 0.125 e. The highest BCUT2D eigenvalue weighted by Crippen LogP contribution is 2.22. The zero-order valence-corrected chi connectivity index (χ0v) is 10.4. The van der Waals surface area contributed by atoms with Crippen molar-refractivity contribution in [2.45, 2.75) is 20.4 Å². The minimum atomic E-state index is 0.699. The van der Waals surface area contributed by atoms with Gasteiger partial charge in [0, 0.05) is 5.69 Å². The summed E-state index contributed by atoms with van der Waals surface area (Å²) in [6.07, 6.45) is 1.71. The number of benzene rings is 1. The standard InChI is InChI=1S/C14H17NO2/c1-10-6-7-17-14(10)9-15-12-4-5-13(16-3)11(2)8-12/h4-8,15H,9H2,1-3H3. The molecule has 1 N–H and O–H groups in total. The van der Waals surface area contributed by atoms with Gasteiger partial charge in [-0.15, -0.1) is 0 Å². The molecule has 1 heterocycles. The Labute approximate surface area is 101 Å². The summed E-state index contributed by atoms with van der Waals surface area (Å²) < 4.78 is 10.6. The van der Waals surface area contributed by atoms with E-state index in [1.54, 1.807) is 13.4 Å². The van der Waals surface area contributed by atoms with Gasteiger partial charge in [-0.1, -0.05) is 0 Å². The van der Waals surface area contributed by atoms with Crippen LogP contribution in [-0.2, 0) is 6.54 Å². The first-order chi connectivity index (χ1) is 8.20. The van der Waals surface area contributed by atoms with E-state index in [1.807, 2.05) is 32.0 Å². The van der Waals surface area contributed by atoms with E-state index in [4.69, 9.17) is 9.15 Å². The molecule has 0 atom stereocenters. The van der Waals surface area contributed by atoms with E-state index in [-0.39, 0.29) is 0 Å². The number of ether oxygens (including phenoxy) is 1. The van der Waals surface area contributed by atoms with E-state index >= 15 is 0 Å². The molecule has 0 saturated carbocycles. The molecule has 1 aromatic carbocycles. The Balaban J connectivity index is 2.05. The highest BCUT2D eigenvalue weighted by molar-refractivity contribution is 5.50. The molecule has 0 unspecified atom stereocenters. The van der Waals surface area contributed by atoms with Crippen LogP contribution in [-0.4, -0.2) is 7.11 Å². The Morgan fingerprint density at radius 1 is 1.18 bits per heavy atom. The lowest BCUT2D eigenvalue weighted by Gasteiger charge is -2.09. The number of nitrogens with one attached hydrogen (secondary N) is 1. The Bertz CT molecular complexity index is 503. The van der Waals surface area contributed by atoms with E-state index in [1.165, 1.54) is 5.56 Å². The lowest BCUT2D eigenvalue weighted by Crippen LogP contribution is -2.00. The molecule has 0 spiro atoms. The second-order valence-electron chi connectivity index (χ2n) is 4.06. The van der Waals surface area contributed by atoms with Crippen molar-refractivity contribution in [3.05, 3.63) is 47.4 Å². The largest absolute Gasteiger partial charge is 0.496 e. The molecule has 0 fully saturated rings. The molecule has 0 radical (unpaired) electrons. The topological polar surface area (TPSA) is 34.4 Å². The highest BCUT2D eigenvalue weighted by Gasteiger charge is 2.03. The Morgan fingerprint density at radius 2 is 2.00 bits per heavy atom. The third kappa shape index (κ3) is 2.61. The first-order valence-electron chi connectivity index (χ1n) is 5.62. The predicted molar refractivity (Wildman–Crippen MR) is 68.5 cm³/mol. The van der Waals surface area contributed by atoms with Crippen molar-refractivity contribution in [1.29, 1.82) is 0 Å². The SMILES string of the molecule is COc1ccc(NCc2occc2C)cc1C. The van der Waals surface area contributed by atoms with Gasteiger partial charge in [0.15, 0.2) is 0 Å². The first-order valence-corrected chi connectivity index (χ1v) is 5.62. The van der Waals surface area contributed by atoms with Crippen LogP contribution in [0.1, 0.15) is 16.9 Å². The molecule has 90 valence electrons. The van der Waals surface area contributed by atoms with Crippen LogP contribution in [0.4, 0.5) is 5.69 Å². The van der Waals surface area contributed by atoms with Crippen LogP contribution >= 0.6 is 0 Å². The smallest absolute Gasteiger partial charge is 0.125 e. The number of rotatable bonds is 4.